The molecule has 1 heterocycles. The number of benzene rings is 1. The number of nitrogens with one attached hydrogen (secondary N) is 1. The Morgan fingerprint density at radius 3 is 2.62 bits per heavy atom. The molecule has 7 heteroatoms. The van der Waals surface area contributed by atoms with Gasteiger partial charge in [-0.3, -0.25) is 4.79 Å². The van der Waals surface area contributed by atoms with Crippen molar-refractivity contribution in [3.8, 4) is 0 Å². The van der Waals surface area contributed by atoms with Crippen LogP contribution in [0.1, 0.15) is 21.6 Å². The number of aliphatic carboxylic acids is 1. The number of hydrogen-bond donors (Lipinski definition) is 2. The molecule has 2 rings (SSSR count). The first-order chi connectivity index (χ1) is 10.1. The summed E-state index contributed by atoms with van der Waals surface area (Å²) >= 11 is 0. The van der Waals surface area contributed by atoms with Crippen LogP contribution >= 0.6 is 0 Å². The van der Waals surface area contributed by atoms with Crippen molar-refractivity contribution < 1.29 is 14.7 Å². The van der Waals surface area contributed by atoms with Crippen molar-refractivity contribution in [2.75, 3.05) is 7.05 Å². The monoisotopic (exact) mass is 286 g/mol. The average molecular weight is 286 g/mol. The van der Waals surface area contributed by atoms with Crippen molar-refractivity contribution in [2.24, 2.45) is 0 Å². The lowest BCUT2D eigenvalue weighted by Crippen LogP contribution is -2.26. The van der Waals surface area contributed by atoms with Crippen LogP contribution < -0.4 is 0 Å². The molecular formula is C14H14N4O3. The Hall–Kier alpha value is -2.96. The Bertz CT molecular complexity index is 647. The average Bonchev–Trinajstić information content (AvgIpc) is 2.99. The van der Waals surface area contributed by atoms with Crippen LogP contribution in [0.4, 0.5) is 0 Å². The highest BCUT2D eigenvalue weighted by atomic mass is 16.4. The number of aromatic amines is 1. The van der Waals surface area contributed by atoms with Crippen LogP contribution in [0.3, 0.4) is 0 Å². The fourth-order valence-corrected chi connectivity index (χ4v) is 1.75. The zero-order chi connectivity index (χ0) is 15.2. The second-order valence-corrected chi connectivity index (χ2v) is 4.43. The lowest BCUT2D eigenvalue weighted by molar-refractivity contribution is -0.131. The van der Waals surface area contributed by atoms with Crippen molar-refractivity contribution in [3.63, 3.8) is 0 Å². The Balaban J connectivity index is 2.00. The minimum absolute atomic E-state index is 0.224. The quantitative estimate of drug-likeness (QED) is 0.804. The van der Waals surface area contributed by atoms with Crippen molar-refractivity contribution in [2.45, 2.75) is 6.54 Å². The number of carbonyl (C=O) groups is 2. The van der Waals surface area contributed by atoms with E-state index in [0.29, 0.717) is 6.54 Å². The molecule has 7 nitrogen and oxygen atoms in total. The molecule has 0 radical (unpaired) electrons. The second kappa shape index (κ2) is 6.47. The lowest BCUT2D eigenvalue weighted by atomic mass is 10.1. The Labute approximate surface area is 120 Å². The Morgan fingerprint density at radius 1 is 1.33 bits per heavy atom. The number of hydrogen-bond acceptors (Lipinski definition) is 4. The first-order valence-electron chi connectivity index (χ1n) is 6.17. The van der Waals surface area contributed by atoms with E-state index in [1.165, 1.54) is 17.2 Å². The molecule has 0 aliphatic carbocycles. The van der Waals surface area contributed by atoms with E-state index in [1.807, 2.05) is 12.1 Å². The number of H-pyrrole nitrogens is 1. The first-order valence-corrected chi connectivity index (χ1v) is 6.17. The molecular weight excluding hydrogens is 272 g/mol. The normalized spacial score (nSPS) is 10.7. The number of nitrogens with zero attached hydrogens (tertiary/aromatic N) is 3. The van der Waals surface area contributed by atoms with Gasteiger partial charge < -0.3 is 10.0 Å². The second-order valence-electron chi connectivity index (χ2n) is 4.43. The minimum Gasteiger partial charge on any atom is -0.478 e. The lowest BCUT2D eigenvalue weighted by Gasteiger charge is -2.15. The topological polar surface area (TPSA) is 99.2 Å². The van der Waals surface area contributed by atoms with E-state index in [4.69, 9.17) is 5.11 Å². The molecule has 0 atom stereocenters. The number of carboxylic acids is 1. The van der Waals surface area contributed by atoms with E-state index in [9.17, 15) is 9.59 Å². The van der Waals surface area contributed by atoms with Crippen molar-refractivity contribution in [1.82, 2.24) is 20.3 Å². The summed E-state index contributed by atoms with van der Waals surface area (Å²) in [6.45, 7) is 0.425. The largest absolute Gasteiger partial charge is 0.478 e. The first kappa shape index (κ1) is 14.4. The summed E-state index contributed by atoms with van der Waals surface area (Å²) < 4.78 is 0. The van der Waals surface area contributed by atoms with Gasteiger partial charge in [-0.15, -0.1) is 0 Å². The highest BCUT2D eigenvalue weighted by Gasteiger charge is 2.14. The molecule has 0 aliphatic heterocycles. The highest BCUT2D eigenvalue weighted by molar-refractivity contribution is 5.91. The molecule has 2 N–H and O–H groups in total. The molecule has 0 aliphatic rings. The van der Waals surface area contributed by atoms with Gasteiger partial charge in [0.1, 0.15) is 0 Å². The molecule has 0 fully saturated rings. The van der Waals surface area contributed by atoms with E-state index in [-0.39, 0.29) is 11.6 Å². The maximum Gasteiger partial charge on any atom is 0.328 e. The van der Waals surface area contributed by atoms with Gasteiger partial charge in [-0.05, 0) is 17.2 Å². The number of carboxylic acid groups (broad SMARTS) is 1. The van der Waals surface area contributed by atoms with Gasteiger partial charge in [-0.25, -0.2) is 4.79 Å². The summed E-state index contributed by atoms with van der Waals surface area (Å²) in [4.78, 5) is 23.9. The van der Waals surface area contributed by atoms with E-state index >= 15 is 0 Å². The van der Waals surface area contributed by atoms with E-state index < -0.39 is 5.97 Å². The van der Waals surface area contributed by atoms with Crippen LogP contribution in [-0.2, 0) is 11.3 Å². The molecule has 0 spiro atoms. The summed E-state index contributed by atoms with van der Waals surface area (Å²) in [7, 11) is 1.68. The number of amides is 1. The maximum atomic E-state index is 12.0. The van der Waals surface area contributed by atoms with E-state index in [1.54, 1.807) is 19.2 Å². The fourth-order valence-electron chi connectivity index (χ4n) is 1.75. The summed E-state index contributed by atoms with van der Waals surface area (Å²) in [6, 6.07) is 7.27. The Kier molecular flexibility index (Phi) is 4.45. The van der Waals surface area contributed by atoms with Crippen LogP contribution in [0.2, 0.25) is 0 Å². The third-order valence-corrected chi connectivity index (χ3v) is 2.80. The molecule has 0 bridgehead atoms. The van der Waals surface area contributed by atoms with Crippen LogP contribution in [0, 0.1) is 0 Å². The van der Waals surface area contributed by atoms with Gasteiger partial charge in [0.25, 0.3) is 5.91 Å². The van der Waals surface area contributed by atoms with Crippen molar-refractivity contribution in [3.05, 3.63) is 53.4 Å². The Morgan fingerprint density at radius 2 is 2.05 bits per heavy atom. The van der Waals surface area contributed by atoms with Gasteiger partial charge in [-0.2, -0.15) is 15.4 Å². The standard InChI is InChI=1S/C14H14N4O3/c1-18(14(21)12-8-15-17-16-12)9-11-4-2-10(3-5-11)6-7-13(19)20/h2-8H,9H2,1H3,(H,19,20)(H,15,16,17)/b7-6+. The van der Waals surface area contributed by atoms with Crippen molar-refractivity contribution in [1.29, 1.82) is 0 Å². The molecule has 21 heavy (non-hydrogen) atoms. The predicted octanol–water partition coefficient (Wildman–Crippen LogP) is 1.17. The minimum atomic E-state index is -0.989. The maximum absolute atomic E-state index is 12.0. The van der Waals surface area contributed by atoms with Gasteiger partial charge in [-0.1, -0.05) is 24.3 Å². The zero-order valence-electron chi connectivity index (χ0n) is 11.4. The molecule has 0 saturated heterocycles. The highest BCUT2D eigenvalue weighted by Crippen LogP contribution is 2.09. The summed E-state index contributed by atoms with van der Waals surface area (Å²) in [5.74, 6) is -1.21. The zero-order valence-corrected chi connectivity index (χ0v) is 11.4. The fraction of sp³-hybridized carbons (Fsp3) is 0.143. The molecule has 1 aromatic heterocycles. The van der Waals surface area contributed by atoms with Crippen LogP contribution in [0.5, 0.6) is 0 Å². The summed E-state index contributed by atoms with van der Waals surface area (Å²) in [5.41, 5.74) is 1.98. The smallest absolute Gasteiger partial charge is 0.328 e. The van der Waals surface area contributed by atoms with Gasteiger partial charge in [0, 0.05) is 19.7 Å². The van der Waals surface area contributed by atoms with Gasteiger partial charge in [0.05, 0.1) is 6.20 Å². The summed E-state index contributed by atoms with van der Waals surface area (Å²) in [5, 5.41) is 18.3. The molecule has 108 valence electrons. The predicted molar refractivity (Wildman–Crippen MR) is 75.3 cm³/mol. The van der Waals surface area contributed by atoms with Crippen molar-refractivity contribution >= 4 is 18.0 Å². The molecule has 0 saturated carbocycles. The van der Waals surface area contributed by atoms with Gasteiger partial charge in [0.15, 0.2) is 5.69 Å². The molecule has 0 unspecified atom stereocenters. The van der Waals surface area contributed by atoms with E-state index in [0.717, 1.165) is 17.2 Å². The number of carbonyl (C=O) groups excluding carboxylic acids is 1. The number of aromatic nitrogens is 3. The van der Waals surface area contributed by atoms with Gasteiger partial charge in [0.2, 0.25) is 0 Å². The third-order valence-electron chi connectivity index (χ3n) is 2.80. The SMILES string of the molecule is CN(Cc1ccc(/C=C/C(=O)O)cc1)C(=O)c1cn[nH]n1. The molecule has 2 aromatic rings. The third kappa shape index (κ3) is 4.00. The van der Waals surface area contributed by atoms with Crippen LogP contribution in [0.15, 0.2) is 36.5 Å². The van der Waals surface area contributed by atoms with Gasteiger partial charge >= 0.3 is 5.97 Å². The molecule has 1 amide bonds. The summed E-state index contributed by atoms with van der Waals surface area (Å²) in [6.07, 6.45) is 3.96. The molecule has 1 aromatic carbocycles. The van der Waals surface area contributed by atoms with Crippen LogP contribution in [0.25, 0.3) is 6.08 Å². The number of rotatable bonds is 5. The van der Waals surface area contributed by atoms with Crippen LogP contribution in [-0.4, -0.2) is 44.3 Å². The van der Waals surface area contributed by atoms with E-state index in [2.05, 4.69) is 15.4 Å².